The first-order valence-corrected chi connectivity index (χ1v) is 5.90. The molecule has 110 valence electrons. The van der Waals surface area contributed by atoms with Gasteiger partial charge in [-0.05, 0) is 24.6 Å². The van der Waals surface area contributed by atoms with E-state index >= 15 is 0 Å². The van der Waals surface area contributed by atoms with Gasteiger partial charge < -0.3 is 15.2 Å². The number of urea groups is 1. The number of benzene rings is 1. The number of hydrogen-bond donors (Lipinski definition) is 3. The number of phenols is 1. The molecule has 0 radical (unpaired) electrons. The van der Waals surface area contributed by atoms with Crippen molar-refractivity contribution < 1.29 is 24.4 Å². The fraction of sp³-hybridized carbons (Fsp3) is 0.167. The molecule has 0 aliphatic carbocycles. The van der Waals surface area contributed by atoms with Crippen LogP contribution in [0.3, 0.4) is 0 Å². The highest BCUT2D eigenvalue weighted by atomic mass is 16.6. The number of rotatable bonds is 4. The summed E-state index contributed by atoms with van der Waals surface area (Å²) in [4.78, 5) is 32.5. The number of aromatic hydroxyl groups is 1. The first-order chi connectivity index (χ1) is 9.92. The zero-order chi connectivity index (χ0) is 15.6. The lowest BCUT2D eigenvalue weighted by atomic mass is 10.1. The molecule has 21 heavy (non-hydrogen) atoms. The summed E-state index contributed by atoms with van der Waals surface area (Å²) in [5.74, 6) is -1.32. The Morgan fingerprint density at radius 1 is 1.38 bits per heavy atom. The van der Waals surface area contributed by atoms with Gasteiger partial charge in [-0.1, -0.05) is 0 Å². The Kier molecular flexibility index (Phi) is 3.74. The summed E-state index contributed by atoms with van der Waals surface area (Å²) in [5.41, 5.74) is -0.379. The predicted octanol–water partition coefficient (Wildman–Crippen LogP) is 0.879. The summed E-state index contributed by atoms with van der Waals surface area (Å²) >= 11 is 0. The zero-order valence-electron chi connectivity index (χ0n) is 10.9. The molecule has 1 aliphatic rings. The van der Waals surface area contributed by atoms with Crippen LogP contribution in [0.25, 0.3) is 6.08 Å². The highest BCUT2D eigenvalue weighted by Gasteiger charge is 2.24. The largest absolute Gasteiger partial charge is 0.500 e. The molecule has 3 amide bonds. The maximum atomic E-state index is 11.4. The Balaban J connectivity index is 2.49. The topological polar surface area (TPSA) is 131 Å². The van der Waals surface area contributed by atoms with E-state index in [9.17, 15) is 24.8 Å². The SMILES string of the molecule is CCOc1cc(C=C2NC(=O)NC2=O)cc([N+](=O)[O-])c1O. The van der Waals surface area contributed by atoms with Crippen molar-refractivity contribution in [3.05, 3.63) is 33.5 Å². The fourth-order valence-electron chi connectivity index (χ4n) is 1.75. The van der Waals surface area contributed by atoms with Crippen molar-refractivity contribution in [2.45, 2.75) is 6.92 Å². The van der Waals surface area contributed by atoms with Crippen LogP contribution in [-0.2, 0) is 4.79 Å². The van der Waals surface area contributed by atoms with Gasteiger partial charge in [0.2, 0.25) is 5.75 Å². The van der Waals surface area contributed by atoms with E-state index < -0.39 is 28.3 Å². The molecule has 9 heteroatoms. The standard InChI is InChI=1S/C12H11N3O6/c1-2-21-9-5-6(4-8(10(9)16)15(19)20)3-7-11(17)14-12(18)13-7/h3-5,16H,2H2,1H3,(H2,13,14,17,18). The fourth-order valence-corrected chi connectivity index (χ4v) is 1.75. The van der Waals surface area contributed by atoms with E-state index in [1.165, 1.54) is 12.1 Å². The molecule has 0 bridgehead atoms. The van der Waals surface area contributed by atoms with Gasteiger partial charge in [-0.3, -0.25) is 20.2 Å². The number of carbonyl (C=O) groups excluding carboxylic acids is 2. The number of carbonyl (C=O) groups is 2. The maximum Gasteiger partial charge on any atom is 0.326 e. The van der Waals surface area contributed by atoms with Crippen molar-refractivity contribution in [1.82, 2.24) is 10.6 Å². The lowest BCUT2D eigenvalue weighted by Gasteiger charge is -2.07. The van der Waals surface area contributed by atoms with Gasteiger partial charge in [0.15, 0.2) is 5.75 Å². The number of amides is 3. The van der Waals surface area contributed by atoms with Gasteiger partial charge in [0.05, 0.1) is 11.5 Å². The van der Waals surface area contributed by atoms with Crippen LogP contribution < -0.4 is 15.4 Å². The summed E-state index contributed by atoms with van der Waals surface area (Å²) in [6, 6.07) is 1.73. The van der Waals surface area contributed by atoms with E-state index in [0.29, 0.717) is 0 Å². The third-order valence-corrected chi connectivity index (χ3v) is 2.60. The Bertz CT molecular complexity index is 667. The third-order valence-electron chi connectivity index (χ3n) is 2.60. The van der Waals surface area contributed by atoms with E-state index in [1.807, 2.05) is 5.32 Å². The summed E-state index contributed by atoms with van der Waals surface area (Å²) in [5, 5.41) is 24.9. The number of nitro benzene ring substituents is 1. The summed E-state index contributed by atoms with van der Waals surface area (Å²) in [7, 11) is 0. The minimum atomic E-state index is -0.771. The molecule has 1 aliphatic heterocycles. The third kappa shape index (κ3) is 2.91. The molecule has 2 rings (SSSR count). The molecule has 9 nitrogen and oxygen atoms in total. The number of nitrogens with one attached hydrogen (secondary N) is 2. The first kappa shape index (κ1) is 14.3. The van der Waals surface area contributed by atoms with E-state index in [0.717, 1.165) is 6.07 Å². The van der Waals surface area contributed by atoms with Gasteiger partial charge >= 0.3 is 11.7 Å². The van der Waals surface area contributed by atoms with E-state index in [2.05, 4.69) is 5.32 Å². The average molecular weight is 293 g/mol. The van der Waals surface area contributed by atoms with Gasteiger partial charge in [-0.15, -0.1) is 0 Å². The highest BCUT2D eigenvalue weighted by molar-refractivity contribution is 6.14. The molecule has 1 heterocycles. The summed E-state index contributed by atoms with van der Waals surface area (Å²) < 4.78 is 5.11. The number of nitro groups is 1. The Labute approximate surface area is 118 Å². The first-order valence-electron chi connectivity index (χ1n) is 5.90. The van der Waals surface area contributed by atoms with Gasteiger partial charge in [0, 0.05) is 6.07 Å². The normalized spacial score (nSPS) is 15.8. The number of hydrogen-bond acceptors (Lipinski definition) is 6. The lowest BCUT2D eigenvalue weighted by molar-refractivity contribution is -0.386. The quantitative estimate of drug-likeness (QED) is 0.327. The second-order valence-corrected chi connectivity index (χ2v) is 4.04. The number of ether oxygens (including phenoxy) is 1. The Hall–Kier alpha value is -3.10. The van der Waals surface area contributed by atoms with Crippen LogP contribution in [0.2, 0.25) is 0 Å². The van der Waals surface area contributed by atoms with Crippen LogP contribution in [-0.4, -0.2) is 28.6 Å². The minimum Gasteiger partial charge on any atom is -0.500 e. The van der Waals surface area contributed by atoms with Crippen LogP contribution in [0.15, 0.2) is 17.8 Å². The smallest absolute Gasteiger partial charge is 0.326 e. The molecule has 1 aromatic carbocycles. The van der Waals surface area contributed by atoms with Gasteiger partial charge in [-0.25, -0.2) is 4.79 Å². The van der Waals surface area contributed by atoms with Crippen molar-refractivity contribution in [2.75, 3.05) is 6.61 Å². The molecular weight excluding hydrogens is 282 g/mol. The molecular formula is C12H11N3O6. The molecule has 3 N–H and O–H groups in total. The zero-order valence-corrected chi connectivity index (χ0v) is 10.9. The van der Waals surface area contributed by atoms with Gasteiger partial charge in [-0.2, -0.15) is 0 Å². The predicted molar refractivity (Wildman–Crippen MR) is 70.6 cm³/mol. The number of imide groups is 1. The van der Waals surface area contributed by atoms with Crippen LogP contribution in [0.4, 0.5) is 10.5 Å². The van der Waals surface area contributed by atoms with E-state index in [-0.39, 0.29) is 23.6 Å². The molecule has 0 saturated carbocycles. The number of phenolic OH excluding ortho intramolecular Hbond substituents is 1. The second kappa shape index (κ2) is 5.49. The molecule has 1 aromatic rings. The van der Waals surface area contributed by atoms with Crippen LogP contribution in [0, 0.1) is 10.1 Å². The van der Waals surface area contributed by atoms with Crippen LogP contribution >= 0.6 is 0 Å². The van der Waals surface area contributed by atoms with Crippen molar-refractivity contribution >= 4 is 23.7 Å². The van der Waals surface area contributed by atoms with E-state index in [1.54, 1.807) is 6.92 Å². The van der Waals surface area contributed by atoms with Gasteiger partial charge in [0.25, 0.3) is 5.91 Å². The lowest BCUT2D eigenvalue weighted by Crippen LogP contribution is -2.22. The van der Waals surface area contributed by atoms with Crippen molar-refractivity contribution in [1.29, 1.82) is 0 Å². The molecule has 0 spiro atoms. The average Bonchev–Trinajstić information content (AvgIpc) is 2.71. The van der Waals surface area contributed by atoms with E-state index in [4.69, 9.17) is 4.74 Å². The molecule has 0 atom stereocenters. The van der Waals surface area contributed by atoms with Crippen molar-refractivity contribution in [3.8, 4) is 11.5 Å². The van der Waals surface area contributed by atoms with Crippen LogP contribution in [0.1, 0.15) is 12.5 Å². The number of nitrogens with zero attached hydrogens (tertiary/aromatic N) is 1. The molecule has 1 saturated heterocycles. The maximum absolute atomic E-state index is 11.4. The molecule has 0 aromatic heterocycles. The Morgan fingerprint density at radius 3 is 2.62 bits per heavy atom. The second-order valence-electron chi connectivity index (χ2n) is 4.04. The van der Waals surface area contributed by atoms with Crippen molar-refractivity contribution in [2.24, 2.45) is 0 Å². The minimum absolute atomic E-state index is 0.0533. The monoisotopic (exact) mass is 293 g/mol. The molecule has 0 unspecified atom stereocenters. The summed E-state index contributed by atoms with van der Waals surface area (Å²) in [6.45, 7) is 1.85. The van der Waals surface area contributed by atoms with Crippen molar-refractivity contribution in [3.63, 3.8) is 0 Å². The highest BCUT2D eigenvalue weighted by Crippen LogP contribution is 2.37. The van der Waals surface area contributed by atoms with Gasteiger partial charge in [0.1, 0.15) is 5.70 Å². The van der Waals surface area contributed by atoms with Crippen LogP contribution in [0.5, 0.6) is 11.5 Å². The summed E-state index contributed by atoms with van der Waals surface area (Å²) in [6.07, 6.45) is 1.25. The Morgan fingerprint density at radius 2 is 2.10 bits per heavy atom. The molecule has 1 fully saturated rings.